The fraction of sp³-hybridized carbons (Fsp3) is 0.700. The summed E-state index contributed by atoms with van der Waals surface area (Å²) in [4.78, 5) is 29.3. The third-order valence-corrected chi connectivity index (χ3v) is 9.59. The van der Waals surface area contributed by atoms with Crippen LogP contribution in [0.25, 0.3) is 11.2 Å². The number of aliphatic imine (C=N–C) groups is 1. The summed E-state index contributed by atoms with van der Waals surface area (Å²) in [6.07, 6.45) is 18.6. The predicted molar refractivity (Wildman–Crippen MR) is 154 cm³/mol. The van der Waals surface area contributed by atoms with E-state index in [0.29, 0.717) is 35.1 Å². The summed E-state index contributed by atoms with van der Waals surface area (Å²) in [6.45, 7) is 5.36. The number of amides is 1. The second-order valence-electron chi connectivity index (χ2n) is 12.1. The predicted octanol–water partition coefficient (Wildman–Crippen LogP) is 5.93. The molecule has 9 heteroatoms. The lowest BCUT2D eigenvalue weighted by molar-refractivity contribution is 0.205. The topological polar surface area (TPSA) is 131 Å². The number of carbonyl (C=O) groups is 1. The minimum Gasteiger partial charge on any atom is -0.463 e. The molecule has 9 nitrogen and oxygen atoms in total. The van der Waals surface area contributed by atoms with Crippen LogP contribution in [0.3, 0.4) is 0 Å². The summed E-state index contributed by atoms with van der Waals surface area (Å²) in [5, 5.41) is 12.9. The van der Waals surface area contributed by atoms with Gasteiger partial charge in [0, 0.05) is 24.4 Å². The van der Waals surface area contributed by atoms with Crippen molar-refractivity contribution < 1.29 is 9.90 Å². The average molecular weight is 534 g/mol. The Morgan fingerprint density at radius 3 is 2.36 bits per heavy atom. The molecule has 0 saturated heterocycles. The Bertz CT molecular complexity index is 1240. The molecule has 2 unspecified atom stereocenters. The molecule has 0 aromatic carbocycles. The van der Waals surface area contributed by atoms with Crippen LogP contribution >= 0.6 is 0 Å². The number of hydrogen-bond acceptors (Lipinski definition) is 5. The minimum absolute atomic E-state index is 0.101. The Morgan fingerprint density at radius 1 is 1.05 bits per heavy atom. The van der Waals surface area contributed by atoms with Crippen molar-refractivity contribution in [1.82, 2.24) is 19.5 Å². The highest BCUT2D eigenvalue weighted by atomic mass is 16.4. The number of rotatable bonds is 8. The normalized spacial score (nSPS) is 24.6. The molecule has 3 aliphatic carbocycles. The maximum Gasteiger partial charge on any atom is 0.433 e. The number of amidine groups is 1. The molecule has 2 heterocycles. The standard InChI is InChI=1S/C30H43N7O2/c1-4-20-13-15-21(16-14-20)17-37-24-26(32-19(3)23-11-8-12-23)34-28(25(31)33-30(38)39)35-27(24)36-29(37)18(2)22-9-6-5-7-10-22/h1,18-23H,5-17H2,2-3H3,(H2,31,33)(H,38,39)(H,32,34,35). The van der Waals surface area contributed by atoms with Crippen LogP contribution in [-0.2, 0) is 6.54 Å². The van der Waals surface area contributed by atoms with Crippen LogP contribution in [0.1, 0.15) is 108 Å². The molecular weight excluding hydrogens is 490 g/mol. The molecule has 1 amide bonds. The second-order valence-corrected chi connectivity index (χ2v) is 12.1. The largest absolute Gasteiger partial charge is 0.463 e. The first-order valence-corrected chi connectivity index (χ1v) is 14.9. The van der Waals surface area contributed by atoms with Gasteiger partial charge in [0.25, 0.3) is 0 Å². The number of nitrogens with zero attached hydrogens (tertiary/aromatic N) is 5. The van der Waals surface area contributed by atoms with Gasteiger partial charge in [-0.05, 0) is 76.0 Å². The van der Waals surface area contributed by atoms with Gasteiger partial charge in [-0.2, -0.15) is 4.99 Å². The number of imidazole rings is 1. The van der Waals surface area contributed by atoms with Gasteiger partial charge in [0.15, 0.2) is 23.1 Å². The Balaban J connectivity index is 1.60. The maximum absolute atomic E-state index is 11.3. The maximum atomic E-state index is 11.3. The molecule has 5 rings (SSSR count). The lowest BCUT2D eigenvalue weighted by Crippen LogP contribution is -2.32. The molecule has 3 fully saturated rings. The smallest absolute Gasteiger partial charge is 0.433 e. The third-order valence-electron chi connectivity index (χ3n) is 9.59. The molecule has 4 N–H and O–H groups in total. The zero-order chi connectivity index (χ0) is 27.5. The van der Waals surface area contributed by atoms with Gasteiger partial charge in [-0.3, -0.25) is 0 Å². The zero-order valence-corrected chi connectivity index (χ0v) is 23.4. The van der Waals surface area contributed by atoms with E-state index in [2.05, 4.69) is 39.6 Å². The Labute approximate surface area is 231 Å². The van der Waals surface area contributed by atoms with Gasteiger partial charge in [0.2, 0.25) is 0 Å². The van der Waals surface area contributed by atoms with Crippen LogP contribution in [0.2, 0.25) is 0 Å². The van der Waals surface area contributed by atoms with E-state index in [9.17, 15) is 9.90 Å². The SMILES string of the molecule is C#CC1CCC(Cn2c(C(C)C3CCCCC3)nc3nc(C(N)=NC(=O)O)nc(NC(C)C4CCC4)c32)CC1. The first kappa shape index (κ1) is 27.4. The Morgan fingerprint density at radius 2 is 1.74 bits per heavy atom. The number of nitrogens with one attached hydrogen (secondary N) is 1. The summed E-state index contributed by atoms with van der Waals surface area (Å²) in [6, 6.07) is 0.218. The van der Waals surface area contributed by atoms with Gasteiger partial charge in [-0.25, -0.2) is 19.7 Å². The van der Waals surface area contributed by atoms with Gasteiger partial charge >= 0.3 is 6.09 Å². The van der Waals surface area contributed by atoms with Crippen molar-refractivity contribution >= 4 is 28.9 Å². The van der Waals surface area contributed by atoms with Crippen molar-refractivity contribution in [1.29, 1.82) is 0 Å². The van der Waals surface area contributed by atoms with Crippen molar-refractivity contribution in [3.8, 4) is 12.3 Å². The number of anilines is 1. The first-order valence-electron chi connectivity index (χ1n) is 14.9. The third kappa shape index (κ3) is 6.05. The quantitative estimate of drug-likeness (QED) is 0.218. The Kier molecular flexibility index (Phi) is 8.39. The van der Waals surface area contributed by atoms with Crippen LogP contribution in [0.15, 0.2) is 4.99 Å². The van der Waals surface area contributed by atoms with E-state index in [0.717, 1.165) is 43.6 Å². The van der Waals surface area contributed by atoms with Crippen molar-refractivity contribution in [3.63, 3.8) is 0 Å². The molecule has 2 aromatic heterocycles. The molecule has 0 bridgehead atoms. The number of fused-ring (bicyclic) bond motifs is 1. The summed E-state index contributed by atoms with van der Waals surface area (Å²) >= 11 is 0. The lowest BCUT2D eigenvalue weighted by atomic mass is 9.80. The minimum atomic E-state index is -1.37. The molecule has 39 heavy (non-hydrogen) atoms. The highest BCUT2D eigenvalue weighted by Crippen LogP contribution is 2.39. The van der Waals surface area contributed by atoms with E-state index in [-0.39, 0.29) is 23.6 Å². The van der Waals surface area contributed by atoms with Crippen molar-refractivity contribution in [2.45, 2.75) is 109 Å². The van der Waals surface area contributed by atoms with Crippen LogP contribution < -0.4 is 11.1 Å². The van der Waals surface area contributed by atoms with Crippen LogP contribution in [0.4, 0.5) is 10.6 Å². The van der Waals surface area contributed by atoms with E-state index >= 15 is 0 Å². The zero-order valence-electron chi connectivity index (χ0n) is 23.4. The van der Waals surface area contributed by atoms with Crippen molar-refractivity contribution in [3.05, 3.63) is 11.6 Å². The molecular formula is C30H43N7O2. The number of terminal acetylenes is 1. The van der Waals surface area contributed by atoms with Crippen LogP contribution in [-0.4, -0.2) is 42.6 Å². The molecule has 210 valence electrons. The summed E-state index contributed by atoms with van der Waals surface area (Å²) in [5.41, 5.74) is 7.50. The molecule has 3 aliphatic rings. The van der Waals surface area contributed by atoms with Crippen molar-refractivity contribution in [2.75, 3.05) is 5.32 Å². The average Bonchev–Trinajstić information content (AvgIpc) is 3.26. The summed E-state index contributed by atoms with van der Waals surface area (Å²) < 4.78 is 2.37. The van der Waals surface area contributed by atoms with Crippen molar-refractivity contribution in [2.24, 2.45) is 34.4 Å². The fourth-order valence-corrected chi connectivity index (χ4v) is 6.84. The summed E-state index contributed by atoms with van der Waals surface area (Å²) in [5.74, 6) is 6.91. The van der Waals surface area contributed by atoms with Gasteiger partial charge in [-0.15, -0.1) is 12.3 Å². The van der Waals surface area contributed by atoms with Gasteiger partial charge < -0.3 is 20.7 Å². The molecule has 2 aromatic rings. The second kappa shape index (κ2) is 11.9. The van der Waals surface area contributed by atoms with E-state index in [1.807, 2.05) is 0 Å². The van der Waals surface area contributed by atoms with E-state index in [1.54, 1.807) is 0 Å². The summed E-state index contributed by atoms with van der Waals surface area (Å²) in [7, 11) is 0. The molecule has 3 saturated carbocycles. The Hall–Kier alpha value is -3.15. The molecule has 0 spiro atoms. The monoisotopic (exact) mass is 533 g/mol. The highest BCUT2D eigenvalue weighted by molar-refractivity contribution is 6.01. The fourth-order valence-electron chi connectivity index (χ4n) is 6.84. The molecule has 0 radical (unpaired) electrons. The first-order chi connectivity index (χ1) is 18.8. The van der Waals surface area contributed by atoms with E-state index in [4.69, 9.17) is 22.1 Å². The van der Waals surface area contributed by atoms with Crippen LogP contribution in [0.5, 0.6) is 0 Å². The number of hydrogen-bond donors (Lipinski definition) is 3. The number of carboxylic acid groups (broad SMARTS) is 1. The highest BCUT2D eigenvalue weighted by Gasteiger charge is 2.31. The molecule has 0 aliphatic heterocycles. The number of nitrogens with two attached hydrogens (primary N) is 1. The van der Waals surface area contributed by atoms with E-state index < -0.39 is 6.09 Å². The molecule has 2 atom stereocenters. The lowest BCUT2D eigenvalue weighted by Gasteiger charge is -2.33. The van der Waals surface area contributed by atoms with Gasteiger partial charge in [0.05, 0.1) is 0 Å². The number of aromatic nitrogens is 4. The van der Waals surface area contributed by atoms with Gasteiger partial charge in [0.1, 0.15) is 11.3 Å². The van der Waals surface area contributed by atoms with E-state index in [1.165, 1.54) is 51.4 Å². The van der Waals surface area contributed by atoms with Gasteiger partial charge in [-0.1, -0.05) is 32.6 Å². The van der Waals surface area contributed by atoms with Crippen LogP contribution in [0, 0.1) is 36.0 Å².